The summed E-state index contributed by atoms with van der Waals surface area (Å²) in [4.78, 5) is 2.39. The Balaban J connectivity index is 1.67. The van der Waals surface area contributed by atoms with E-state index < -0.39 is 10.0 Å². The Hall–Kier alpha value is -0.130. The maximum atomic E-state index is 12.8. The van der Waals surface area contributed by atoms with Gasteiger partial charge in [0.15, 0.2) is 0 Å². The van der Waals surface area contributed by atoms with Gasteiger partial charge in [0.25, 0.3) is 0 Å². The van der Waals surface area contributed by atoms with Gasteiger partial charge in [-0.15, -0.1) is 0 Å². The molecule has 1 atom stereocenters. The number of rotatable bonds is 3. The van der Waals surface area contributed by atoms with Crippen LogP contribution in [-0.4, -0.2) is 56.6 Å². The van der Waals surface area contributed by atoms with Crippen LogP contribution in [0.25, 0.3) is 0 Å². The summed E-state index contributed by atoms with van der Waals surface area (Å²) < 4.78 is 27.4. The summed E-state index contributed by atoms with van der Waals surface area (Å²) in [6.45, 7) is 3.76. The van der Waals surface area contributed by atoms with Gasteiger partial charge in [0, 0.05) is 19.6 Å². The average molecular weight is 314 g/mol. The number of nitrogens with zero attached hydrogens (tertiary/aromatic N) is 2. The maximum Gasteiger partial charge on any atom is 0.214 e. The summed E-state index contributed by atoms with van der Waals surface area (Å²) in [6.07, 6.45) is 9.32. The van der Waals surface area contributed by atoms with Crippen molar-refractivity contribution in [3.05, 3.63) is 0 Å². The summed E-state index contributed by atoms with van der Waals surface area (Å²) >= 11 is 0. The lowest BCUT2D eigenvalue weighted by molar-refractivity contribution is 0.0526. The molecule has 2 saturated heterocycles. The first-order valence-corrected chi connectivity index (χ1v) is 10.3. The van der Waals surface area contributed by atoms with Crippen LogP contribution >= 0.6 is 0 Å². The zero-order valence-corrected chi connectivity index (χ0v) is 14.2. The van der Waals surface area contributed by atoms with E-state index in [0.29, 0.717) is 11.7 Å². The van der Waals surface area contributed by atoms with Crippen molar-refractivity contribution in [1.29, 1.82) is 0 Å². The molecule has 1 unspecified atom stereocenters. The SMILES string of the molecule is CN1CCCC2(CCCN(S(=O)(=O)CC3CCCC3)C2)C1. The summed E-state index contributed by atoms with van der Waals surface area (Å²) in [5, 5.41) is 0. The Kier molecular flexibility index (Phi) is 4.63. The van der Waals surface area contributed by atoms with Crippen molar-refractivity contribution in [1.82, 2.24) is 9.21 Å². The highest BCUT2D eigenvalue weighted by Gasteiger charge is 2.42. The van der Waals surface area contributed by atoms with Crippen molar-refractivity contribution >= 4 is 10.0 Å². The number of hydrogen-bond acceptors (Lipinski definition) is 3. The largest absolute Gasteiger partial charge is 0.306 e. The molecule has 0 radical (unpaired) electrons. The zero-order chi connectivity index (χ0) is 14.9. The number of likely N-dealkylation sites (tertiary alicyclic amines) is 1. The highest BCUT2D eigenvalue weighted by Crippen LogP contribution is 2.39. The molecule has 1 saturated carbocycles. The van der Waals surface area contributed by atoms with Crippen molar-refractivity contribution in [2.24, 2.45) is 11.3 Å². The van der Waals surface area contributed by atoms with E-state index in [1.807, 2.05) is 4.31 Å². The van der Waals surface area contributed by atoms with E-state index in [-0.39, 0.29) is 5.41 Å². The monoisotopic (exact) mass is 314 g/mol. The molecule has 1 aliphatic carbocycles. The molecular formula is C16H30N2O2S. The third-order valence-corrected chi connectivity index (χ3v) is 7.78. The second-order valence-electron chi connectivity index (χ2n) is 7.71. The average Bonchev–Trinajstić information content (AvgIpc) is 2.90. The van der Waals surface area contributed by atoms with E-state index in [4.69, 9.17) is 0 Å². The molecule has 0 amide bonds. The minimum absolute atomic E-state index is 0.230. The highest BCUT2D eigenvalue weighted by molar-refractivity contribution is 7.89. The Bertz CT molecular complexity index is 455. The number of sulfonamides is 1. The quantitative estimate of drug-likeness (QED) is 0.802. The van der Waals surface area contributed by atoms with Gasteiger partial charge in [-0.05, 0) is 63.5 Å². The third kappa shape index (κ3) is 3.62. The van der Waals surface area contributed by atoms with Crippen LogP contribution in [0.2, 0.25) is 0 Å². The molecule has 5 heteroatoms. The molecule has 3 rings (SSSR count). The van der Waals surface area contributed by atoms with E-state index in [9.17, 15) is 8.42 Å². The van der Waals surface area contributed by atoms with E-state index in [1.54, 1.807) is 0 Å². The highest BCUT2D eigenvalue weighted by atomic mass is 32.2. The molecular weight excluding hydrogens is 284 g/mol. The predicted octanol–water partition coefficient (Wildman–Crippen LogP) is 2.31. The molecule has 0 aromatic rings. The van der Waals surface area contributed by atoms with Gasteiger partial charge < -0.3 is 4.90 Å². The third-order valence-electron chi connectivity index (χ3n) is 5.79. The predicted molar refractivity (Wildman–Crippen MR) is 85.7 cm³/mol. The Morgan fingerprint density at radius 1 is 1.00 bits per heavy atom. The van der Waals surface area contributed by atoms with Gasteiger partial charge in [0.05, 0.1) is 5.75 Å². The van der Waals surface area contributed by atoms with Gasteiger partial charge in [-0.25, -0.2) is 12.7 Å². The smallest absolute Gasteiger partial charge is 0.214 e. The Morgan fingerprint density at radius 2 is 1.67 bits per heavy atom. The van der Waals surface area contributed by atoms with Crippen LogP contribution < -0.4 is 0 Å². The molecule has 21 heavy (non-hydrogen) atoms. The summed E-state index contributed by atoms with van der Waals surface area (Å²) in [5.41, 5.74) is 0.230. The van der Waals surface area contributed by atoms with Gasteiger partial charge in [-0.2, -0.15) is 0 Å². The first kappa shape index (κ1) is 15.8. The van der Waals surface area contributed by atoms with Crippen LogP contribution in [0, 0.1) is 11.3 Å². The Labute approximate surface area is 129 Å². The molecule has 0 bridgehead atoms. The molecule has 0 N–H and O–H groups in total. The second kappa shape index (κ2) is 6.17. The van der Waals surface area contributed by atoms with E-state index >= 15 is 0 Å². The van der Waals surface area contributed by atoms with Gasteiger partial charge in [-0.3, -0.25) is 0 Å². The fraction of sp³-hybridized carbons (Fsp3) is 1.00. The van der Waals surface area contributed by atoms with Crippen LogP contribution in [-0.2, 0) is 10.0 Å². The number of piperidine rings is 2. The molecule has 3 aliphatic rings. The zero-order valence-electron chi connectivity index (χ0n) is 13.4. The minimum Gasteiger partial charge on any atom is -0.306 e. The van der Waals surface area contributed by atoms with Crippen LogP contribution in [0.15, 0.2) is 0 Å². The van der Waals surface area contributed by atoms with Gasteiger partial charge in [0.2, 0.25) is 10.0 Å². The fourth-order valence-electron chi connectivity index (χ4n) is 4.77. The van der Waals surface area contributed by atoms with Crippen LogP contribution in [0.1, 0.15) is 51.4 Å². The molecule has 122 valence electrons. The minimum atomic E-state index is -3.04. The van der Waals surface area contributed by atoms with Crippen molar-refractivity contribution in [3.8, 4) is 0 Å². The summed E-state index contributed by atoms with van der Waals surface area (Å²) in [5.74, 6) is 0.820. The summed E-state index contributed by atoms with van der Waals surface area (Å²) in [6, 6.07) is 0. The number of hydrogen-bond donors (Lipinski definition) is 0. The van der Waals surface area contributed by atoms with E-state index in [1.165, 1.54) is 32.1 Å². The fourth-order valence-corrected chi connectivity index (χ4v) is 6.79. The molecule has 3 fully saturated rings. The molecule has 0 aromatic heterocycles. The van der Waals surface area contributed by atoms with Crippen molar-refractivity contribution in [3.63, 3.8) is 0 Å². The first-order chi connectivity index (χ1) is 9.99. The normalized spacial score (nSPS) is 33.8. The topological polar surface area (TPSA) is 40.6 Å². The van der Waals surface area contributed by atoms with Gasteiger partial charge in [0.1, 0.15) is 0 Å². The lowest BCUT2D eigenvalue weighted by Gasteiger charge is -2.47. The molecule has 0 aromatic carbocycles. The van der Waals surface area contributed by atoms with Gasteiger partial charge >= 0.3 is 0 Å². The molecule has 1 spiro atoms. The first-order valence-electron chi connectivity index (χ1n) is 8.66. The second-order valence-corrected chi connectivity index (χ2v) is 9.72. The van der Waals surface area contributed by atoms with E-state index in [0.717, 1.165) is 45.4 Å². The maximum absolute atomic E-state index is 12.8. The van der Waals surface area contributed by atoms with Crippen LogP contribution in [0.4, 0.5) is 0 Å². The van der Waals surface area contributed by atoms with Crippen molar-refractivity contribution < 1.29 is 8.42 Å². The molecule has 4 nitrogen and oxygen atoms in total. The van der Waals surface area contributed by atoms with Crippen LogP contribution in [0.5, 0.6) is 0 Å². The molecule has 2 heterocycles. The summed E-state index contributed by atoms with van der Waals surface area (Å²) in [7, 11) is -0.871. The lowest BCUT2D eigenvalue weighted by atomic mass is 9.74. The Morgan fingerprint density at radius 3 is 2.33 bits per heavy atom. The standard InChI is InChI=1S/C16H30N2O2S/c1-17-10-4-8-16(13-17)9-5-11-18(14-16)21(19,20)12-15-6-2-3-7-15/h15H,2-14H2,1H3. The van der Waals surface area contributed by atoms with Crippen LogP contribution in [0.3, 0.4) is 0 Å². The van der Waals surface area contributed by atoms with Gasteiger partial charge in [-0.1, -0.05) is 12.8 Å². The molecule has 2 aliphatic heterocycles. The van der Waals surface area contributed by atoms with E-state index in [2.05, 4.69) is 11.9 Å². The van der Waals surface area contributed by atoms with Crippen molar-refractivity contribution in [2.75, 3.05) is 39.0 Å². The van der Waals surface area contributed by atoms with Crippen molar-refractivity contribution in [2.45, 2.75) is 51.4 Å². The lowest BCUT2D eigenvalue weighted by Crippen LogP contribution is -2.53.